The second-order valence-corrected chi connectivity index (χ2v) is 6.39. The summed E-state index contributed by atoms with van der Waals surface area (Å²) in [6.07, 6.45) is 3.94. The highest BCUT2D eigenvalue weighted by Crippen LogP contribution is 2.25. The van der Waals surface area contributed by atoms with Crippen molar-refractivity contribution < 1.29 is 9.53 Å². The molecule has 4 nitrogen and oxygen atoms in total. The van der Waals surface area contributed by atoms with Gasteiger partial charge in [0.05, 0.1) is 6.61 Å². The molecule has 0 saturated carbocycles. The smallest absolute Gasteiger partial charge is 0.357 e. The molecular weight excluding hydrogens is 268 g/mol. The highest BCUT2D eigenvalue weighted by Gasteiger charge is 2.15. The van der Waals surface area contributed by atoms with Gasteiger partial charge in [0.25, 0.3) is 0 Å². The molecule has 0 amide bonds. The molecule has 1 atom stereocenters. The summed E-state index contributed by atoms with van der Waals surface area (Å²) >= 11 is 3.49. The van der Waals surface area contributed by atoms with E-state index in [9.17, 15) is 4.79 Å². The third-order valence-electron chi connectivity index (χ3n) is 2.74. The number of rotatable bonds is 5. The van der Waals surface area contributed by atoms with Gasteiger partial charge < -0.3 is 10.1 Å². The monoisotopic (exact) mass is 286 g/mol. The number of nitrogens with one attached hydrogen (secondary N) is 1. The van der Waals surface area contributed by atoms with Gasteiger partial charge in [0.15, 0.2) is 10.8 Å². The number of esters is 1. The quantitative estimate of drug-likeness (QED) is 0.843. The minimum Gasteiger partial charge on any atom is -0.461 e. The highest BCUT2D eigenvalue weighted by molar-refractivity contribution is 7.99. The van der Waals surface area contributed by atoms with Gasteiger partial charge in [-0.3, -0.25) is 0 Å². The van der Waals surface area contributed by atoms with Gasteiger partial charge in [-0.05, 0) is 25.5 Å². The number of carbonyl (C=O) groups excluding carboxylic acids is 1. The van der Waals surface area contributed by atoms with E-state index in [-0.39, 0.29) is 5.97 Å². The topological polar surface area (TPSA) is 51.2 Å². The molecule has 18 heavy (non-hydrogen) atoms. The van der Waals surface area contributed by atoms with Crippen molar-refractivity contribution in [1.29, 1.82) is 0 Å². The van der Waals surface area contributed by atoms with Crippen LogP contribution in [0.15, 0.2) is 5.38 Å². The summed E-state index contributed by atoms with van der Waals surface area (Å²) in [4.78, 5) is 15.7. The lowest BCUT2D eigenvalue weighted by Crippen LogP contribution is -2.20. The van der Waals surface area contributed by atoms with Crippen LogP contribution in [0.4, 0.5) is 5.13 Å². The predicted octanol–water partition coefficient (Wildman–Crippen LogP) is 3.02. The molecule has 0 spiro atoms. The van der Waals surface area contributed by atoms with Crippen molar-refractivity contribution in [3.63, 3.8) is 0 Å². The molecule has 0 radical (unpaired) electrons. The third kappa shape index (κ3) is 3.88. The first-order valence-electron chi connectivity index (χ1n) is 6.27. The van der Waals surface area contributed by atoms with Gasteiger partial charge in [-0.25, -0.2) is 9.78 Å². The lowest BCUT2D eigenvalue weighted by molar-refractivity contribution is 0.0520. The number of hydrogen-bond donors (Lipinski definition) is 1. The maximum atomic E-state index is 11.5. The fourth-order valence-corrected chi connectivity index (χ4v) is 3.75. The second kappa shape index (κ2) is 6.99. The average Bonchev–Trinajstić information content (AvgIpc) is 2.87. The molecule has 6 heteroatoms. The van der Waals surface area contributed by atoms with E-state index in [1.807, 2.05) is 11.8 Å². The fourth-order valence-electron chi connectivity index (χ4n) is 1.82. The lowest BCUT2D eigenvalue weighted by Gasteiger charge is -2.21. The number of nitrogens with zero attached hydrogens (tertiary/aromatic N) is 1. The first-order valence-corrected chi connectivity index (χ1v) is 8.20. The summed E-state index contributed by atoms with van der Waals surface area (Å²) in [7, 11) is 0. The second-order valence-electron chi connectivity index (χ2n) is 4.13. The van der Waals surface area contributed by atoms with Crippen LogP contribution in [0.2, 0.25) is 0 Å². The lowest BCUT2D eigenvalue weighted by atomic mass is 10.2. The van der Waals surface area contributed by atoms with Gasteiger partial charge in [-0.15, -0.1) is 11.3 Å². The van der Waals surface area contributed by atoms with Crippen molar-refractivity contribution in [2.45, 2.75) is 31.4 Å². The molecule has 1 aliphatic rings. The molecule has 1 aliphatic heterocycles. The van der Waals surface area contributed by atoms with E-state index in [4.69, 9.17) is 4.74 Å². The summed E-state index contributed by atoms with van der Waals surface area (Å²) in [5, 5.41) is 6.54. The summed E-state index contributed by atoms with van der Waals surface area (Å²) in [5.74, 6) is 0.923. The van der Waals surface area contributed by atoms with Crippen LogP contribution in [0.25, 0.3) is 0 Å². The Morgan fingerprint density at radius 3 is 3.22 bits per heavy atom. The Kier molecular flexibility index (Phi) is 5.31. The number of carbonyl (C=O) groups is 1. The normalized spacial score (nSPS) is 19.5. The average molecular weight is 286 g/mol. The zero-order valence-electron chi connectivity index (χ0n) is 10.5. The van der Waals surface area contributed by atoms with Gasteiger partial charge in [0.1, 0.15) is 0 Å². The number of aromatic nitrogens is 1. The van der Waals surface area contributed by atoms with E-state index >= 15 is 0 Å². The van der Waals surface area contributed by atoms with Crippen molar-refractivity contribution in [3.8, 4) is 0 Å². The summed E-state index contributed by atoms with van der Waals surface area (Å²) < 4.78 is 4.91. The molecule has 1 aromatic heterocycles. The summed E-state index contributed by atoms with van der Waals surface area (Å²) in [5.41, 5.74) is 0.403. The number of thiazole rings is 1. The van der Waals surface area contributed by atoms with Crippen LogP contribution in [0.3, 0.4) is 0 Å². The third-order valence-corrected chi connectivity index (χ3v) is 4.94. The van der Waals surface area contributed by atoms with E-state index in [2.05, 4.69) is 10.3 Å². The number of thioether (sulfide) groups is 1. The molecule has 0 aromatic carbocycles. The Morgan fingerprint density at radius 1 is 1.61 bits per heavy atom. The van der Waals surface area contributed by atoms with E-state index in [1.54, 1.807) is 12.3 Å². The van der Waals surface area contributed by atoms with Gasteiger partial charge in [-0.2, -0.15) is 11.8 Å². The van der Waals surface area contributed by atoms with E-state index in [0.717, 1.165) is 11.7 Å². The summed E-state index contributed by atoms with van der Waals surface area (Å²) in [6, 6.07) is 0. The van der Waals surface area contributed by atoms with Crippen LogP contribution in [0.1, 0.15) is 36.7 Å². The zero-order valence-corrected chi connectivity index (χ0v) is 12.1. The van der Waals surface area contributed by atoms with Crippen molar-refractivity contribution in [3.05, 3.63) is 11.1 Å². The highest BCUT2D eigenvalue weighted by atomic mass is 32.2. The van der Waals surface area contributed by atoms with Gasteiger partial charge in [-0.1, -0.05) is 6.42 Å². The maximum absolute atomic E-state index is 11.5. The molecule has 1 N–H and O–H groups in total. The SMILES string of the molecule is CCOC(=O)c1csc(NCC2CCCCS2)n1. The minimum absolute atomic E-state index is 0.339. The van der Waals surface area contributed by atoms with Crippen molar-refractivity contribution in [2.24, 2.45) is 0 Å². The van der Waals surface area contributed by atoms with Crippen LogP contribution >= 0.6 is 23.1 Å². The van der Waals surface area contributed by atoms with Crippen molar-refractivity contribution in [2.75, 3.05) is 24.2 Å². The Hall–Kier alpha value is -0.750. The summed E-state index contributed by atoms with van der Waals surface area (Å²) in [6.45, 7) is 3.11. The molecule has 1 unspecified atom stereocenters. The molecule has 1 saturated heterocycles. The van der Waals surface area contributed by atoms with Crippen LogP contribution in [-0.2, 0) is 4.74 Å². The van der Waals surface area contributed by atoms with Gasteiger partial charge >= 0.3 is 5.97 Å². The predicted molar refractivity (Wildman–Crippen MR) is 76.7 cm³/mol. The molecule has 1 fully saturated rings. The first kappa shape index (κ1) is 13.7. The number of ether oxygens (including phenoxy) is 1. The Labute approximate surface area is 116 Å². The molecule has 2 rings (SSSR count). The maximum Gasteiger partial charge on any atom is 0.357 e. The molecule has 100 valence electrons. The van der Waals surface area contributed by atoms with Crippen LogP contribution in [-0.4, -0.2) is 35.1 Å². The van der Waals surface area contributed by atoms with Crippen LogP contribution in [0.5, 0.6) is 0 Å². The Balaban J connectivity index is 1.80. The molecule has 0 bridgehead atoms. The van der Waals surface area contributed by atoms with Crippen molar-refractivity contribution >= 4 is 34.2 Å². The Morgan fingerprint density at radius 2 is 2.50 bits per heavy atom. The largest absolute Gasteiger partial charge is 0.461 e. The van der Waals surface area contributed by atoms with Gasteiger partial charge in [0.2, 0.25) is 0 Å². The zero-order chi connectivity index (χ0) is 12.8. The molecule has 2 heterocycles. The van der Waals surface area contributed by atoms with Crippen molar-refractivity contribution in [1.82, 2.24) is 4.98 Å². The minimum atomic E-state index is -0.339. The van der Waals surface area contributed by atoms with E-state index in [1.165, 1.54) is 36.4 Å². The van der Waals surface area contributed by atoms with Crippen LogP contribution in [0, 0.1) is 0 Å². The number of anilines is 1. The first-order chi connectivity index (χ1) is 8.79. The van der Waals surface area contributed by atoms with E-state index < -0.39 is 0 Å². The Bertz CT molecular complexity index is 389. The van der Waals surface area contributed by atoms with Crippen LogP contribution < -0.4 is 5.32 Å². The van der Waals surface area contributed by atoms with E-state index in [0.29, 0.717) is 17.6 Å². The molecular formula is C12H18N2O2S2. The fraction of sp³-hybridized carbons (Fsp3) is 0.667. The van der Waals surface area contributed by atoms with Gasteiger partial charge in [0, 0.05) is 17.2 Å². The molecule has 0 aliphatic carbocycles. The standard InChI is InChI=1S/C12H18N2O2S2/c1-2-16-11(15)10-8-18-12(14-10)13-7-9-5-3-4-6-17-9/h8-9H,2-7H2,1H3,(H,13,14). The molecule has 1 aromatic rings. The number of hydrogen-bond acceptors (Lipinski definition) is 6.